The Morgan fingerprint density at radius 1 is 0.812 bits per heavy atom. The van der Waals surface area contributed by atoms with E-state index in [1.165, 1.54) is 27.8 Å². The summed E-state index contributed by atoms with van der Waals surface area (Å²) in [7, 11) is 0. The van der Waals surface area contributed by atoms with Crippen LogP contribution in [-0.4, -0.2) is 3.21 Å². The van der Waals surface area contributed by atoms with E-state index >= 15 is 0 Å². The van der Waals surface area contributed by atoms with Gasteiger partial charge in [0.1, 0.15) is 0 Å². The quantitative estimate of drug-likeness (QED) is 0.359. The maximum atomic E-state index is 2.49. The molecular formula is C29H28Cl2Zr. The zero-order chi connectivity index (χ0) is 20.8. The number of halogens is 2. The molecule has 1 unspecified atom stereocenters. The number of fused-ring (bicyclic) bond motifs is 3. The molecule has 0 fully saturated rings. The van der Waals surface area contributed by atoms with Crippen LogP contribution in [0.25, 0.3) is 11.1 Å². The molecule has 0 N–H and O–H groups in total. The molecule has 3 heteroatoms. The van der Waals surface area contributed by atoms with E-state index in [1.807, 2.05) is 0 Å². The molecule has 2 aliphatic rings. The van der Waals surface area contributed by atoms with Gasteiger partial charge in [-0.1, -0.05) is 0 Å². The summed E-state index contributed by atoms with van der Waals surface area (Å²) in [6.45, 7) is 9.49. The summed E-state index contributed by atoms with van der Waals surface area (Å²) in [5.74, 6) is 0.553. The Bertz CT molecular complexity index is 1250. The Morgan fingerprint density at radius 2 is 1.47 bits per heavy atom. The van der Waals surface area contributed by atoms with Gasteiger partial charge >= 0.3 is 189 Å². The molecule has 0 aliphatic heterocycles. The molecule has 162 valence electrons. The molecule has 0 nitrogen and oxygen atoms in total. The van der Waals surface area contributed by atoms with Gasteiger partial charge in [-0.25, -0.2) is 0 Å². The van der Waals surface area contributed by atoms with Gasteiger partial charge in [-0.05, 0) is 0 Å². The Balaban J connectivity index is 0.00000144. The minimum Gasteiger partial charge on any atom is -1.00 e. The summed E-state index contributed by atoms with van der Waals surface area (Å²) in [5, 5.41) is 0. The largest absolute Gasteiger partial charge is 1.00 e. The van der Waals surface area contributed by atoms with Gasteiger partial charge in [0, 0.05) is 0 Å². The number of benzene rings is 3. The normalized spacial score (nSPS) is 16.4. The van der Waals surface area contributed by atoms with Crippen molar-refractivity contribution in [1.82, 2.24) is 0 Å². The summed E-state index contributed by atoms with van der Waals surface area (Å²) in [6.07, 6.45) is 3.57. The van der Waals surface area contributed by atoms with Crippen LogP contribution in [0.4, 0.5) is 0 Å². The number of rotatable bonds is 3. The van der Waals surface area contributed by atoms with Crippen molar-refractivity contribution < 1.29 is 46.1 Å². The van der Waals surface area contributed by atoms with Gasteiger partial charge in [-0.3, -0.25) is 0 Å². The second-order valence-electron chi connectivity index (χ2n) is 8.71. The van der Waals surface area contributed by atoms with E-state index in [2.05, 4.69) is 107 Å². The number of hydrogen-bond donors (Lipinski definition) is 0. The summed E-state index contributed by atoms with van der Waals surface area (Å²) in [6, 6.07) is 27.2. The van der Waals surface area contributed by atoms with Gasteiger partial charge in [-0.2, -0.15) is 0 Å². The van der Waals surface area contributed by atoms with Gasteiger partial charge < -0.3 is 24.8 Å². The summed E-state index contributed by atoms with van der Waals surface area (Å²) in [4.78, 5) is 0. The Morgan fingerprint density at radius 3 is 2.16 bits per heavy atom. The zero-order valence-corrected chi connectivity index (χ0v) is 23.0. The van der Waals surface area contributed by atoms with Gasteiger partial charge in [0.25, 0.3) is 0 Å². The molecule has 3 aromatic carbocycles. The number of hydrogen-bond acceptors (Lipinski definition) is 0. The molecule has 0 aromatic heterocycles. The van der Waals surface area contributed by atoms with Crippen molar-refractivity contribution in [3.8, 4) is 11.1 Å². The van der Waals surface area contributed by atoms with Crippen molar-refractivity contribution in [2.24, 2.45) is 5.92 Å². The van der Waals surface area contributed by atoms with Crippen LogP contribution < -0.4 is 28.1 Å². The second kappa shape index (κ2) is 10.2. The number of allylic oxidation sites excluding steroid dienone is 4. The van der Waals surface area contributed by atoms with E-state index in [-0.39, 0.29) is 24.8 Å². The van der Waals surface area contributed by atoms with Gasteiger partial charge in [0.15, 0.2) is 0 Å². The smallest absolute Gasteiger partial charge is 1.00 e. The summed E-state index contributed by atoms with van der Waals surface area (Å²) in [5.41, 5.74) is 10.5. The van der Waals surface area contributed by atoms with Crippen LogP contribution in [0.5, 0.6) is 0 Å². The fraction of sp³-hybridized carbons (Fsp3) is 0.207. The van der Waals surface area contributed by atoms with Crippen molar-refractivity contribution in [3.05, 3.63) is 110 Å². The third-order valence-electron chi connectivity index (χ3n) is 6.92. The van der Waals surface area contributed by atoms with Crippen molar-refractivity contribution in [3.63, 3.8) is 0 Å². The van der Waals surface area contributed by atoms with Crippen molar-refractivity contribution >= 4 is 6.48 Å². The first kappa shape index (κ1) is 25.1. The van der Waals surface area contributed by atoms with Gasteiger partial charge in [-0.15, -0.1) is 0 Å². The monoisotopic (exact) mass is 536 g/mol. The third kappa shape index (κ3) is 4.21. The van der Waals surface area contributed by atoms with Crippen molar-refractivity contribution in [2.45, 2.75) is 34.1 Å². The van der Waals surface area contributed by atoms with E-state index in [9.17, 15) is 0 Å². The maximum absolute atomic E-state index is 2.49. The molecule has 2 aliphatic carbocycles. The minimum absolute atomic E-state index is 0. The first-order valence-corrected chi connectivity index (χ1v) is 14.6. The summed E-state index contributed by atoms with van der Waals surface area (Å²) >= 11 is -2.32. The fourth-order valence-electron chi connectivity index (χ4n) is 5.33. The van der Waals surface area contributed by atoms with Gasteiger partial charge in [0.05, 0.1) is 0 Å². The topological polar surface area (TPSA) is 0 Å². The molecular weight excluding hydrogens is 510 g/mol. The fourth-order valence-corrected chi connectivity index (χ4v) is 13.8. The van der Waals surface area contributed by atoms with E-state index < -0.39 is 21.3 Å². The van der Waals surface area contributed by atoms with Crippen LogP contribution in [0, 0.1) is 5.92 Å². The van der Waals surface area contributed by atoms with Gasteiger partial charge in [0.2, 0.25) is 0 Å². The third-order valence-corrected chi connectivity index (χ3v) is 15.3. The Kier molecular flexibility index (Phi) is 7.98. The predicted molar refractivity (Wildman–Crippen MR) is 126 cm³/mol. The van der Waals surface area contributed by atoms with E-state index in [1.54, 1.807) is 20.9 Å². The molecule has 0 saturated carbocycles. The molecule has 0 saturated heterocycles. The molecule has 0 amide bonds. The molecule has 1 atom stereocenters. The maximum Gasteiger partial charge on any atom is -1.00 e. The average Bonchev–Trinajstić information content (AvgIpc) is 3.27. The minimum atomic E-state index is -2.32. The second-order valence-corrected chi connectivity index (χ2v) is 15.0. The molecule has 0 radical (unpaired) electrons. The standard InChI is InChI=1S/C13H9.C8H11.C8H8.2ClH.Zr/c1-3-7-12-10(5-1)9-11-6-2-4-8-13(11)12;1-6-4-7(2)8(3)5-6;1-2-8-6-4-3-5-7-8;;;/h1-5,7-8H,9H2;4,6H,1-3H3;3-7H,1H3;2*1H;/q;;;;;+2/p-2. The molecule has 5 rings (SSSR count). The predicted octanol–water partition coefficient (Wildman–Crippen LogP) is 0.620. The summed E-state index contributed by atoms with van der Waals surface area (Å²) < 4.78 is 5.09. The van der Waals surface area contributed by atoms with E-state index in [0.717, 1.165) is 6.42 Å². The average molecular weight is 539 g/mol. The molecule has 32 heavy (non-hydrogen) atoms. The van der Waals surface area contributed by atoms with Crippen LogP contribution >= 0.6 is 0 Å². The van der Waals surface area contributed by atoms with E-state index in [0.29, 0.717) is 5.92 Å². The Hall–Kier alpha value is -1.53. The van der Waals surface area contributed by atoms with Crippen molar-refractivity contribution in [1.29, 1.82) is 0 Å². The SMILES string of the molecule is CC1=CC(C)[C](/[Zr+2](=[C](\C)c2ccccc2)[c]2cccc3c2Cc2ccccc2-3)=C1C.[Cl-].[Cl-]. The molecule has 3 aromatic rings. The van der Waals surface area contributed by atoms with Crippen LogP contribution in [0.1, 0.15) is 44.4 Å². The van der Waals surface area contributed by atoms with Crippen LogP contribution in [0.2, 0.25) is 0 Å². The van der Waals surface area contributed by atoms with Crippen LogP contribution in [0.15, 0.2) is 93.3 Å². The van der Waals surface area contributed by atoms with E-state index in [4.69, 9.17) is 0 Å². The molecule has 0 bridgehead atoms. The van der Waals surface area contributed by atoms with Crippen LogP contribution in [0.3, 0.4) is 0 Å². The van der Waals surface area contributed by atoms with Crippen LogP contribution in [-0.2, 0) is 27.7 Å². The molecule has 0 heterocycles. The Labute approximate surface area is 212 Å². The zero-order valence-electron chi connectivity index (χ0n) is 19.0. The molecule has 0 spiro atoms. The van der Waals surface area contributed by atoms with Crippen molar-refractivity contribution in [2.75, 3.05) is 0 Å². The first-order chi connectivity index (χ1) is 14.6. The first-order valence-electron chi connectivity index (χ1n) is 10.9.